The average Bonchev–Trinajstić information content (AvgIpc) is 2.69. The average molecular weight is 227 g/mol. The van der Waals surface area contributed by atoms with E-state index >= 15 is 0 Å². The Hall–Kier alpha value is -0.810. The Morgan fingerprint density at radius 1 is 1.62 bits per heavy atom. The van der Waals surface area contributed by atoms with Gasteiger partial charge in [-0.05, 0) is 12.8 Å². The van der Waals surface area contributed by atoms with Gasteiger partial charge in [0.1, 0.15) is 0 Å². The smallest absolute Gasteiger partial charge is 0.191 e. The van der Waals surface area contributed by atoms with E-state index in [0.29, 0.717) is 24.5 Å². The summed E-state index contributed by atoms with van der Waals surface area (Å²) in [7, 11) is 1.71. The predicted octanol–water partition coefficient (Wildman–Crippen LogP) is 0.0583. The number of nitrogens with two attached hydrogens (primary N) is 1. The largest absolute Gasteiger partial charge is 0.383 e. The van der Waals surface area contributed by atoms with Gasteiger partial charge in [-0.2, -0.15) is 0 Å². The second-order valence-electron chi connectivity index (χ2n) is 4.43. The normalized spacial score (nSPS) is 30.6. The Morgan fingerprint density at radius 3 is 3.19 bits per heavy atom. The van der Waals surface area contributed by atoms with Crippen molar-refractivity contribution in [3.8, 4) is 0 Å². The summed E-state index contributed by atoms with van der Waals surface area (Å²) in [6.45, 7) is 4.07. The Bertz CT molecular complexity index is 252. The van der Waals surface area contributed by atoms with E-state index in [0.717, 1.165) is 32.7 Å². The minimum atomic E-state index is 0.412. The molecule has 2 aliphatic rings. The van der Waals surface area contributed by atoms with E-state index in [4.69, 9.17) is 15.2 Å². The minimum absolute atomic E-state index is 0.412. The van der Waals surface area contributed by atoms with E-state index in [1.807, 2.05) is 0 Å². The van der Waals surface area contributed by atoms with Crippen molar-refractivity contribution in [3.05, 3.63) is 0 Å². The molecule has 16 heavy (non-hydrogen) atoms. The lowest BCUT2D eigenvalue weighted by molar-refractivity contribution is 0.0253. The number of hydrogen-bond acceptors (Lipinski definition) is 5. The highest BCUT2D eigenvalue weighted by Crippen LogP contribution is 2.24. The molecule has 2 rings (SSSR count). The zero-order valence-electron chi connectivity index (χ0n) is 9.89. The molecular formula is C11H21N3O2. The summed E-state index contributed by atoms with van der Waals surface area (Å²) < 4.78 is 10.6. The van der Waals surface area contributed by atoms with Crippen molar-refractivity contribution in [2.24, 2.45) is 16.6 Å². The van der Waals surface area contributed by atoms with Crippen LogP contribution < -0.4 is 5.73 Å². The maximum absolute atomic E-state index is 5.90. The zero-order valence-corrected chi connectivity index (χ0v) is 9.89. The Kier molecular flexibility index (Phi) is 4.01. The molecule has 2 heterocycles. The Labute approximate surface area is 96.6 Å². The van der Waals surface area contributed by atoms with E-state index in [-0.39, 0.29) is 0 Å². The van der Waals surface area contributed by atoms with Crippen molar-refractivity contribution in [1.29, 1.82) is 0 Å². The number of aliphatic imine (C=N–C) groups is 1. The van der Waals surface area contributed by atoms with Crippen LogP contribution >= 0.6 is 0 Å². The third-order valence-electron chi connectivity index (χ3n) is 3.41. The van der Waals surface area contributed by atoms with Gasteiger partial charge in [0.2, 0.25) is 0 Å². The SMILES string of the molecule is COCCN1C(N)=NCC1C1CCCOC1. The number of methoxy groups -OCH3 is 1. The molecule has 0 aromatic rings. The van der Waals surface area contributed by atoms with Gasteiger partial charge in [0.25, 0.3) is 0 Å². The number of hydrogen-bond donors (Lipinski definition) is 1. The summed E-state index contributed by atoms with van der Waals surface area (Å²) in [5.41, 5.74) is 5.90. The molecule has 2 unspecified atom stereocenters. The summed E-state index contributed by atoms with van der Waals surface area (Å²) in [6, 6.07) is 0.412. The summed E-state index contributed by atoms with van der Waals surface area (Å²) >= 11 is 0. The fraction of sp³-hybridized carbons (Fsp3) is 0.909. The standard InChI is InChI=1S/C11H21N3O2/c1-15-6-4-14-10(7-13-11(14)12)9-3-2-5-16-8-9/h9-10H,2-8H2,1H3,(H2,12,13). The van der Waals surface area contributed by atoms with Crippen LogP contribution in [0.1, 0.15) is 12.8 Å². The molecule has 2 atom stereocenters. The number of ether oxygens (including phenoxy) is 2. The molecule has 92 valence electrons. The summed E-state index contributed by atoms with van der Waals surface area (Å²) in [6.07, 6.45) is 2.37. The van der Waals surface area contributed by atoms with Crippen LogP contribution in [0.2, 0.25) is 0 Å². The van der Waals surface area contributed by atoms with E-state index in [2.05, 4.69) is 9.89 Å². The second kappa shape index (κ2) is 5.50. The monoisotopic (exact) mass is 227 g/mol. The molecule has 0 radical (unpaired) electrons. The third kappa shape index (κ3) is 2.47. The van der Waals surface area contributed by atoms with Gasteiger partial charge in [-0.15, -0.1) is 0 Å². The first-order chi connectivity index (χ1) is 7.83. The Balaban J connectivity index is 1.92. The maximum atomic E-state index is 5.90. The topological polar surface area (TPSA) is 60.1 Å². The summed E-state index contributed by atoms with van der Waals surface area (Å²) in [5.74, 6) is 1.23. The fourth-order valence-corrected chi connectivity index (χ4v) is 2.49. The molecule has 0 saturated carbocycles. The van der Waals surface area contributed by atoms with Crippen molar-refractivity contribution in [1.82, 2.24) is 4.90 Å². The van der Waals surface area contributed by atoms with Crippen molar-refractivity contribution >= 4 is 5.96 Å². The molecule has 0 amide bonds. The molecule has 1 fully saturated rings. The highest BCUT2D eigenvalue weighted by Gasteiger charge is 2.33. The van der Waals surface area contributed by atoms with Crippen LogP contribution in [0.25, 0.3) is 0 Å². The molecule has 0 aromatic carbocycles. The number of guanidine groups is 1. The lowest BCUT2D eigenvalue weighted by atomic mass is 9.93. The van der Waals surface area contributed by atoms with E-state index in [1.165, 1.54) is 6.42 Å². The van der Waals surface area contributed by atoms with E-state index < -0.39 is 0 Å². The van der Waals surface area contributed by atoms with E-state index in [9.17, 15) is 0 Å². The van der Waals surface area contributed by atoms with Crippen LogP contribution in [0.3, 0.4) is 0 Å². The molecule has 2 aliphatic heterocycles. The maximum Gasteiger partial charge on any atom is 0.191 e. The fourth-order valence-electron chi connectivity index (χ4n) is 2.49. The summed E-state index contributed by atoms with van der Waals surface area (Å²) in [5, 5.41) is 0. The second-order valence-corrected chi connectivity index (χ2v) is 4.43. The molecule has 1 saturated heterocycles. The van der Waals surface area contributed by atoms with Gasteiger partial charge in [0, 0.05) is 26.2 Å². The van der Waals surface area contributed by atoms with Crippen LogP contribution in [0, 0.1) is 5.92 Å². The molecule has 5 heteroatoms. The van der Waals surface area contributed by atoms with E-state index in [1.54, 1.807) is 7.11 Å². The highest BCUT2D eigenvalue weighted by molar-refractivity contribution is 5.80. The minimum Gasteiger partial charge on any atom is -0.383 e. The van der Waals surface area contributed by atoms with Crippen LogP contribution in [0.5, 0.6) is 0 Å². The third-order valence-corrected chi connectivity index (χ3v) is 3.41. The van der Waals surface area contributed by atoms with Gasteiger partial charge in [0.05, 0.1) is 25.8 Å². The van der Waals surface area contributed by atoms with Crippen LogP contribution in [-0.4, -0.2) is 56.9 Å². The van der Waals surface area contributed by atoms with Gasteiger partial charge in [0.15, 0.2) is 5.96 Å². The molecule has 0 aliphatic carbocycles. The van der Waals surface area contributed by atoms with Gasteiger partial charge in [-0.3, -0.25) is 4.99 Å². The highest BCUT2D eigenvalue weighted by atomic mass is 16.5. The molecule has 0 aromatic heterocycles. The van der Waals surface area contributed by atoms with Crippen LogP contribution in [0.4, 0.5) is 0 Å². The molecular weight excluding hydrogens is 206 g/mol. The molecule has 5 nitrogen and oxygen atoms in total. The number of nitrogens with zero attached hydrogens (tertiary/aromatic N) is 2. The first kappa shape index (κ1) is 11.7. The Morgan fingerprint density at radius 2 is 2.50 bits per heavy atom. The summed E-state index contributed by atoms with van der Waals surface area (Å²) in [4.78, 5) is 6.51. The van der Waals surface area contributed by atoms with Crippen molar-refractivity contribution in [3.63, 3.8) is 0 Å². The van der Waals surface area contributed by atoms with Gasteiger partial charge in [-0.1, -0.05) is 0 Å². The first-order valence-electron chi connectivity index (χ1n) is 5.96. The first-order valence-corrected chi connectivity index (χ1v) is 5.96. The van der Waals surface area contributed by atoms with Gasteiger partial charge in [-0.25, -0.2) is 0 Å². The van der Waals surface area contributed by atoms with Crippen LogP contribution in [-0.2, 0) is 9.47 Å². The number of rotatable bonds is 4. The quantitative estimate of drug-likeness (QED) is 0.737. The molecule has 0 bridgehead atoms. The van der Waals surface area contributed by atoms with Crippen LogP contribution in [0.15, 0.2) is 4.99 Å². The zero-order chi connectivity index (χ0) is 11.4. The lowest BCUT2D eigenvalue weighted by Crippen LogP contribution is -2.47. The molecule has 2 N–H and O–H groups in total. The predicted molar refractivity (Wildman–Crippen MR) is 62.4 cm³/mol. The van der Waals surface area contributed by atoms with Crippen molar-refractivity contribution in [2.75, 3.05) is 40.0 Å². The van der Waals surface area contributed by atoms with Crippen molar-refractivity contribution in [2.45, 2.75) is 18.9 Å². The van der Waals surface area contributed by atoms with Crippen molar-refractivity contribution < 1.29 is 9.47 Å². The molecule has 0 spiro atoms. The van der Waals surface area contributed by atoms with Gasteiger partial charge < -0.3 is 20.1 Å². The van der Waals surface area contributed by atoms with Gasteiger partial charge >= 0.3 is 0 Å². The lowest BCUT2D eigenvalue weighted by Gasteiger charge is -2.34.